The summed E-state index contributed by atoms with van der Waals surface area (Å²) in [5, 5.41) is 5.11. The van der Waals surface area contributed by atoms with E-state index in [-0.39, 0.29) is 12.5 Å². The van der Waals surface area contributed by atoms with Crippen molar-refractivity contribution in [3.05, 3.63) is 65.2 Å². The fourth-order valence-corrected chi connectivity index (χ4v) is 5.60. The summed E-state index contributed by atoms with van der Waals surface area (Å²) >= 11 is 1.82. The molecule has 0 aromatic heterocycles. The van der Waals surface area contributed by atoms with Crippen LogP contribution >= 0.6 is 11.8 Å². The minimum atomic E-state index is -0.187. The second-order valence-electron chi connectivity index (χ2n) is 10.5. The molecular formula is C33H48N2O3S. The summed E-state index contributed by atoms with van der Waals surface area (Å²) in [6.07, 6.45) is 15.9. The highest BCUT2D eigenvalue weighted by molar-refractivity contribution is 8.02. The molecular weight excluding hydrogens is 504 g/mol. The van der Waals surface area contributed by atoms with Crippen LogP contribution in [0, 0.1) is 0 Å². The van der Waals surface area contributed by atoms with Gasteiger partial charge in [0.1, 0.15) is 0 Å². The van der Waals surface area contributed by atoms with E-state index in [4.69, 9.17) is 9.47 Å². The van der Waals surface area contributed by atoms with Crippen molar-refractivity contribution in [2.24, 2.45) is 0 Å². The zero-order valence-corrected chi connectivity index (χ0v) is 24.9. The van der Waals surface area contributed by atoms with Gasteiger partial charge in [-0.1, -0.05) is 102 Å². The highest BCUT2D eigenvalue weighted by Crippen LogP contribution is 2.27. The van der Waals surface area contributed by atoms with Crippen molar-refractivity contribution in [1.82, 2.24) is 4.90 Å². The monoisotopic (exact) mass is 552 g/mol. The molecule has 214 valence electrons. The zero-order valence-electron chi connectivity index (χ0n) is 24.1. The Hall–Kier alpha value is -2.60. The summed E-state index contributed by atoms with van der Waals surface area (Å²) in [6, 6.07) is 15.6. The molecule has 1 N–H and O–H groups in total. The van der Waals surface area contributed by atoms with E-state index in [1.54, 1.807) is 0 Å². The maximum absolute atomic E-state index is 12.5. The standard InChI is InChI=1S/C33H48N2O3S/c1-3-4-5-6-7-8-9-10-11-12-13-16-23-37-31-17-14-15-18-32(31)38-25-33(36)34-30-21-19-29(20-22-30)24-35-27-39-26-28(35)2/h14-15,17-22,26H,3-13,16,23-25,27H2,1-2H3,(H,34,36). The molecule has 1 aliphatic heterocycles. The fraction of sp³-hybridized carbons (Fsp3) is 0.545. The molecule has 5 nitrogen and oxygen atoms in total. The number of allylic oxidation sites excluding steroid dienone is 1. The molecule has 3 rings (SSSR count). The van der Waals surface area contributed by atoms with E-state index in [0.29, 0.717) is 18.1 Å². The Morgan fingerprint density at radius 2 is 1.41 bits per heavy atom. The van der Waals surface area contributed by atoms with Gasteiger partial charge in [0.05, 0.1) is 12.5 Å². The normalized spacial score (nSPS) is 12.9. The van der Waals surface area contributed by atoms with Gasteiger partial charge in [0.15, 0.2) is 18.1 Å². The van der Waals surface area contributed by atoms with E-state index in [1.807, 2.05) is 48.2 Å². The lowest BCUT2D eigenvalue weighted by Crippen LogP contribution is -2.20. The van der Waals surface area contributed by atoms with E-state index in [2.05, 4.69) is 41.6 Å². The third-order valence-corrected chi connectivity index (χ3v) is 8.03. The van der Waals surface area contributed by atoms with Crippen LogP contribution in [0.15, 0.2) is 59.6 Å². The minimum absolute atomic E-state index is 0.0598. The molecule has 0 atom stereocenters. The summed E-state index contributed by atoms with van der Waals surface area (Å²) in [4.78, 5) is 14.8. The summed E-state index contributed by atoms with van der Waals surface area (Å²) in [7, 11) is 0. The molecule has 0 spiro atoms. The Labute approximate surface area is 240 Å². The van der Waals surface area contributed by atoms with Crippen molar-refractivity contribution in [2.75, 3.05) is 24.4 Å². The molecule has 1 heterocycles. The highest BCUT2D eigenvalue weighted by atomic mass is 32.2. The number of nitrogens with zero attached hydrogens (tertiary/aromatic N) is 1. The molecule has 0 bridgehead atoms. The molecule has 2 aromatic carbocycles. The predicted octanol–water partition coefficient (Wildman–Crippen LogP) is 9.15. The molecule has 0 radical (unpaired) electrons. The van der Waals surface area contributed by atoms with Crippen LogP contribution in [0.25, 0.3) is 0 Å². The van der Waals surface area contributed by atoms with Gasteiger partial charge in [0.2, 0.25) is 0 Å². The van der Waals surface area contributed by atoms with Gasteiger partial charge in [-0.15, -0.1) is 11.8 Å². The molecule has 6 heteroatoms. The van der Waals surface area contributed by atoms with Crippen molar-refractivity contribution in [2.45, 2.75) is 97.4 Å². The Bertz CT molecular complexity index is 993. The van der Waals surface area contributed by atoms with Gasteiger partial charge in [-0.25, -0.2) is 0 Å². The van der Waals surface area contributed by atoms with Gasteiger partial charge < -0.3 is 19.7 Å². The fourth-order valence-electron chi connectivity index (χ4n) is 4.66. The molecule has 0 unspecified atom stereocenters. The van der Waals surface area contributed by atoms with Crippen molar-refractivity contribution in [1.29, 1.82) is 0 Å². The van der Waals surface area contributed by atoms with E-state index < -0.39 is 0 Å². The first-order chi connectivity index (χ1) is 19.2. The zero-order chi connectivity index (χ0) is 27.5. The topological polar surface area (TPSA) is 50.8 Å². The van der Waals surface area contributed by atoms with E-state index in [1.165, 1.54) is 81.9 Å². The first-order valence-electron chi connectivity index (χ1n) is 14.9. The van der Waals surface area contributed by atoms with Gasteiger partial charge in [0, 0.05) is 17.9 Å². The lowest BCUT2D eigenvalue weighted by molar-refractivity contribution is -0.118. The Morgan fingerprint density at radius 1 is 0.821 bits per heavy atom. The van der Waals surface area contributed by atoms with Gasteiger partial charge >= 0.3 is 0 Å². The summed E-state index contributed by atoms with van der Waals surface area (Å²) in [5.41, 5.74) is 3.29. The number of unbranched alkanes of at least 4 members (excludes halogenated alkanes) is 11. The quantitative estimate of drug-likeness (QED) is 0.166. The first kappa shape index (κ1) is 30.9. The molecule has 0 aliphatic carbocycles. The third-order valence-electron chi connectivity index (χ3n) is 7.06. The predicted molar refractivity (Wildman–Crippen MR) is 165 cm³/mol. The SMILES string of the molecule is CCCCCCCCCCCCCCOc1ccccc1OCC(=O)Nc1ccc(CN2CSC=C2C)cc1. The van der Waals surface area contributed by atoms with Crippen molar-refractivity contribution in [3.8, 4) is 11.5 Å². The van der Waals surface area contributed by atoms with Crippen molar-refractivity contribution >= 4 is 23.4 Å². The van der Waals surface area contributed by atoms with Crippen LogP contribution in [0.2, 0.25) is 0 Å². The second-order valence-corrected chi connectivity index (χ2v) is 11.3. The average Bonchev–Trinajstić information content (AvgIpc) is 3.35. The number of para-hydroxylation sites is 2. The lowest BCUT2D eigenvalue weighted by Gasteiger charge is -2.19. The van der Waals surface area contributed by atoms with Crippen LogP contribution in [0.4, 0.5) is 5.69 Å². The van der Waals surface area contributed by atoms with Crippen molar-refractivity contribution < 1.29 is 14.3 Å². The van der Waals surface area contributed by atoms with Crippen LogP contribution in [-0.4, -0.2) is 29.9 Å². The van der Waals surface area contributed by atoms with Gasteiger partial charge in [-0.05, 0) is 48.6 Å². The number of rotatable bonds is 20. The second kappa shape index (κ2) is 18.6. The van der Waals surface area contributed by atoms with E-state index >= 15 is 0 Å². The van der Waals surface area contributed by atoms with Crippen LogP contribution in [0.3, 0.4) is 0 Å². The number of nitrogens with one attached hydrogen (secondary N) is 1. The lowest BCUT2D eigenvalue weighted by atomic mass is 10.1. The Morgan fingerprint density at radius 3 is 2.00 bits per heavy atom. The number of ether oxygens (including phenoxy) is 2. The van der Waals surface area contributed by atoms with E-state index in [9.17, 15) is 4.79 Å². The van der Waals surface area contributed by atoms with Crippen LogP contribution in [0.1, 0.15) is 96.5 Å². The average molecular weight is 553 g/mol. The number of hydrogen-bond donors (Lipinski definition) is 1. The molecule has 39 heavy (non-hydrogen) atoms. The van der Waals surface area contributed by atoms with Crippen LogP contribution < -0.4 is 14.8 Å². The number of amides is 1. The van der Waals surface area contributed by atoms with Crippen LogP contribution in [0.5, 0.6) is 11.5 Å². The Kier molecular flexibility index (Phi) is 14.8. The van der Waals surface area contributed by atoms with Crippen molar-refractivity contribution in [3.63, 3.8) is 0 Å². The molecule has 0 saturated carbocycles. The molecule has 2 aromatic rings. The largest absolute Gasteiger partial charge is 0.490 e. The minimum Gasteiger partial charge on any atom is -0.490 e. The molecule has 1 aliphatic rings. The van der Waals surface area contributed by atoms with Gasteiger partial charge in [-0.3, -0.25) is 4.79 Å². The summed E-state index contributed by atoms with van der Waals surface area (Å²) in [5.74, 6) is 2.11. The van der Waals surface area contributed by atoms with E-state index in [0.717, 1.165) is 24.5 Å². The first-order valence-corrected chi connectivity index (χ1v) is 16.0. The number of carbonyl (C=O) groups excluding carboxylic acids is 1. The number of benzene rings is 2. The maximum Gasteiger partial charge on any atom is 0.262 e. The van der Waals surface area contributed by atoms with Crippen LogP contribution in [-0.2, 0) is 11.3 Å². The van der Waals surface area contributed by atoms with Gasteiger partial charge in [-0.2, -0.15) is 0 Å². The van der Waals surface area contributed by atoms with Gasteiger partial charge in [0.25, 0.3) is 5.91 Å². The Balaban J connectivity index is 1.27. The maximum atomic E-state index is 12.5. The molecule has 0 saturated heterocycles. The number of thioether (sulfide) groups is 1. The number of hydrogen-bond acceptors (Lipinski definition) is 5. The third kappa shape index (κ3) is 12.4. The number of carbonyl (C=O) groups is 1. The summed E-state index contributed by atoms with van der Waals surface area (Å²) < 4.78 is 11.8. The smallest absolute Gasteiger partial charge is 0.262 e. The highest BCUT2D eigenvalue weighted by Gasteiger charge is 2.12. The number of anilines is 1. The molecule has 1 amide bonds. The summed E-state index contributed by atoms with van der Waals surface area (Å²) in [6.45, 7) is 5.89. The molecule has 0 fully saturated rings.